The van der Waals surface area contributed by atoms with Gasteiger partial charge in [-0.3, -0.25) is 9.78 Å². The zero-order valence-corrected chi connectivity index (χ0v) is 19.4. The van der Waals surface area contributed by atoms with Gasteiger partial charge >= 0.3 is 0 Å². The monoisotopic (exact) mass is 442 g/mol. The van der Waals surface area contributed by atoms with E-state index in [1.54, 1.807) is 24.5 Å². The number of nitrogens with zero attached hydrogens (tertiary/aromatic N) is 3. The number of amides is 1. The van der Waals surface area contributed by atoms with Crippen LogP contribution < -0.4 is 10.1 Å². The standard InChI is InChI=1S/C27H30N4O2/c1-19-12-13-23(17-20(19)2)33-16-7-6-15-31-25-11-5-4-10-24(25)30-26(31)21(3)29-27(32)22-9-8-14-28-18-22/h4-5,8-14,17-18,21H,6-7,15-16H2,1-3H3,(H,29,32). The lowest BCUT2D eigenvalue weighted by molar-refractivity contribution is 0.0937. The van der Waals surface area contributed by atoms with E-state index in [1.165, 1.54) is 11.1 Å². The van der Waals surface area contributed by atoms with Gasteiger partial charge in [0.2, 0.25) is 0 Å². The van der Waals surface area contributed by atoms with Crippen LogP contribution in [0.4, 0.5) is 0 Å². The van der Waals surface area contributed by atoms with Gasteiger partial charge in [0, 0.05) is 18.9 Å². The first-order chi connectivity index (χ1) is 16.0. The SMILES string of the molecule is Cc1ccc(OCCCCn2c(C(C)NC(=O)c3cccnc3)nc3ccccc32)cc1C. The van der Waals surface area contributed by atoms with Gasteiger partial charge in [-0.15, -0.1) is 0 Å². The largest absolute Gasteiger partial charge is 0.494 e. The Morgan fingerprint density at radius 2 is 1.91 bits per heavy atom. The summed E-state index contributed by atoms with van der Waals surface area (Å²) in [7, 11) is 0. The molecule has 170 valence electrons. The van der Waals surface area contributed by atoms with Gasteiger partial charge in [0.1, 0.15) is 11.6 Å². The molecule has 0 aliphatic heterocycles. The molecule has 0 saturated carbocycles. The van der Waals surface area contributed by atoms with Crippen LogP contribution in [0.2, 0.25) is 0 Å². The molecule has 2 aromatic carbocycles. The smallest absolute Gasteiger partial charge is 0.253 e. The van der Waals surface area contributed by atoms with Crippen molar-refractivity contribution < 1.29 is 9.53 Å². The normalized spacial score (nSPS) is 12.0. The molecule has 0 aliphatic carbocycles. The number of hydrogen-bond acceptors (Lipinski definition) is 4. The number of imidazole rings is 1. The minimum absolute atomic E-state index is 0.156. The van der Waals surface area contributed by atoms with Crippen LogP contribution in [0.15, 0.2) is 67.0 Å². The van der Waals surface area contributed by atoms with E-state index < -0.39 is 0 Å². The quantitative estimate of drug-likeness (QED) is 0.353. The number of carbonyl (C=O) groups is 1. The van der Waals surface area contributed by atoms with Gasteiger partial charge < -0.3 is 14.6 Å². The number of rotatable bonds is 9. The fraction of sp³-hybridized carbons (Fsp3) is 0.296. The highest BCUT2D eigenvalue weighted by Crippen LogP contribution is 2.22. The van der Waals surface area contributed by atoms with Crippen molar-refractivity contribution in [2.75, 3.05) is 6.61 Å². The molecule has 0 radical (unpaired) electrons. The van der Waals surface area contributed by atoms with Crippen molar-refractivity contribution in [2.45, 2.75) is 46.2 Å². The number of ether oxygens (including phenoxy) is 1. The minimum Gasteiger partial charge on any atom is -0.494 e. The van der Waals surface area contributed by atoms with Crippen LogP contribution in [0, 0.1) is 13.8 Å². The van der Waals surface area contributed by atoms with Crippen LogP contribution in [-0.2, 0) is 6.54 Å². The number of para-hydroxylation sites is 2. The maximum absolute atomic E-state index is 12.6. The topological polar surface area (TPSA) is 69.0 Å². The summed E-state index contributed by atoms with van der Waals surface area (Å²) in [5.74, 6) is 1.61. The summed E-state index contributed by atoms with van der Waals surface area (Å²) in [6.45, 7) is 7.64. The number of carbonyl (C=O) groups excluding carboxylic acids is 1. The highest BCUT2D eigenvalue weighted by atomic mass is 16.5. The predicted octanol–water partition coefficient (Wildman–Crippen LogP) is 5.40. The minimum atomic E-state index is -0.239. The van der Waals surface area contributed by atoms with Gasteiger partial charge in [0.05, 0.1) is 29.2 Å². The van der Waals surface area contributed by atoms with Crippen molar-refractivity contribution in [3.63, 3.8) is 0 Å². The molecule has 1 unspecified atom stereocenters. The summed E-state index contributed by atoms with van der Waals surface area (Å²) >= 11 is 0. The molecule has 1 N–H and O–H groups in total. The molecular weight excluding hydrogens is 412 g/mol. The van der Waals surface area contributed by atoms with E-state index in [0.717, 1.165) is 42.0 Å². The molecule has 2 aromatic heterocycles. The molecule has 0 fully saturated rings. The highest BCUT2D eigenvalue weighted by Gasteiger charge is 2.19. The van der Waals surface area contributed by atoms with Gasteiger partial charge in [-0.05, 0) is 81.1 Å². The summed E-state index contributed by atoms with van der Waals surface area (Å²) in [4.78, 5) is 21.5. The average Bonchev–Trinajstić information content (AvgIpc) is 3.20. The van der Waals surface area contributed by atoms with E-state index in [-0.39, 0.29) is 11.9 Å². The van der Waals surface area contributed by atoms with Crippen molar-refractivity contribution in [2.24, 2.45) is 0 Å². The van der Waals surface area contributed by atoms with E-state index in [0.29, 0.717) is 12.2 Å². The van der Waals surface area contributed by atoms with Crippen molar-refractivity contribution in [3.05, 3.63) is 89.5 Å². The first-order valence-corrected chi connectivity index (χ1v) is 11.4. The number of benzene rings is 2. The number of fused-ring (bicyclic) bond motifs is 1. The molecule has 0 saturated heterocycles. The lowest BCUT2D eigenvalue weighted by atomic mass is 10.1. The Bertz CT molecular complexity index is 1230. The van der Waals surface area contributed by atoms with Crippen LogP contribution in [0.25, 0.3) is 11.0 Å². The second-order valence-electron chi connectivity index (χ2n) is 8.35. The van der Waals surface area contributed by atoms with Gasteiger partial charge in [-0.2, -0.15) is 0 Å². The first-order valence-electron chi connectivity index (χ1n) is 11.4. The molecule has 4 aromatic rings. The summed E-state index contributed by atoms with van der Waals surface area (Å²) in [6.07, 6.45) is 5.10. The molecule has 33 heavy (non-hydrogen) atoms. The van der Waals surface area contributed by atoms with Crippen molar-refractivity contribution in [3.8, 4) is 5.75 Å². The van der Waals surface area contributed by atoms with Gasteiger partial charge in [0.25, 0.3) is 5.91 Å². The summed E-state index contributed by atoms with van der Waals surface area (Å²) < 4.78 is 8.15. The molecule has 1 amide bonds. The average molecular weight is 443 g/mol. The second kappa shape index (κ2) is 10.3. The first kappa shape index (κ1) is 22.5. The molecular formula is C27H30N4O2. The van der Waals surface area contributed by atoms with E-state index in [9.17, 15) is 4.79 Å². The van der Waals surface area contributed by atoms with E-state index in [1.807, 2.05) is 31.2 Å². The molecule has 2 heterocycles. The Morgan fingerprint density at radius 3 is 2.70 bits per heavy atom. The van der Waals surface area contributed by atoms with Gasteiger partial charge in [-0.25, -0.2) is 4.98 Å². The number of aromatic nitrogens is 3. The molecule has 0 aliphatic rings. The third kappa shape index (κ3) is 5.40. The lowest BCUT2D eigenvalue weighted by Gasteiger charge is -2.16. The van der Waals surface area contributed by atoms with Gasteiger partial charge in [-0.1, -0.05) is 18.2 Å². The fourth-order valence-electron chi connectivity index (χ4n) is 3.87. The number of nitrogens with one attached hydrogen (secondary N) is 1. The van der Waals surface area contributed by atoms with Crippen LogP contribution in [0.5, 0.6) is 5.75 Å². The lowest BCUT2D eigenvalue weighted by Crippen LogP contribution is -2.28. The zero-order valence-electron chi connectivity index (χ0n) is 19.4. The fourth-order valence-corrected chi connectivity index (χ4v) is 3.87. The van der Waals surface area contributed by atoms with E-state index >= 15 is 0 Å². The Kier molecular flexibility index (Phi) is 7.03. The van der Waals surface area contributed by atoms with Crippen molar-refractivity contribution in [1.82, 2.24) is 19.9 Å². The maximum Gasteiger partial charge on any atom is 0.253 e. The molecule has 0 bridgehead atoms. The predicted molar refractivity (Wildman–Crippen MR) is 130 cm³/mol. The van der Waals surface area contributed by atoms with E-state index in [4.69, 9.17) is 9.72 Å². The number of aryl methyl sites for hydroxylation is 3. The van der Waals surface area contributed by atoms with Crippen LogP contribution >= 0.6 is 0 Å². The highest BCUT2D eigenvalue weighted by molar-refractivity contribution is 5.94. The summed E-state index contributed by atoms with van der Waals surface area (Å²) in [6, 6.07) is 17.6. The Morgan fingerprint density at radius 1 is 1.06 bits per heavy atom. The molecule has 6 heteroatoms. The molecule has 6 nitrogen and oxygen atoms in total. The zero-order chi connectivity index (χ0) is 23.2. The third-order valence-electron chi connectivity index (χ3n) is 5.87. The number of hydrogen-bond donors (Lipinski definition) is 1. The van der Waals surface area contributed by atoms with Crippen LogP contribution in [0.3, 0.4) is 0 Å². The third-order valence-corrected chi connectivity index (χ3v) is 5.87. The van der Waals surface area contributed by atoms with Crippen molar-refractivity contribution in [1.29, 1.82) is 0 Å². The Labute approximate surface area is 194 Å². The number of unbranched alkanes of at least 4 members (excludes halogenated alkanes) is 1. The molecule has 0 spiro atoms. The number of pyridine rings is 1. The van der Waals surface area contributed by atoms with Crippen LogP contribution in [0.1, 0.15) is 53.1 Å². The molecule has 1 atom stereocenters. The van der Waals surface area contributed by atoms with E-state index in [2.05, 4.69) is 46.9 Å². The Balaban J connectivity index is 1.41. The maximum atomic E-state index is 12.6. The summed E-state index contributed by atoms with van der Waals surface area (Å²) in [5.41, 5.74) is 5.05. The Hall–Kier alpha value is -3.67. The second-order valence-corrected chi connectivity index (χ2v) is 8.35. The van der Waals surface area contributed by atoms with Crippen molar-refractivity contribution >= 4 is 16.9 Å². The van der Waals surface area contributed by atoms with Crippen LogP contribution in [-0.4, -0.2) is 27.0 Å². The summed E-state index contributed by atoms with van der Waals surface area (Å²) in [5, 5.41) is 3.06. The van der Waals surface area contributed by atoms with Gasteiger partial charge in [0.15, 0.2) is 0 Å². The molecule has 4 rings (SSSR count).